The summed E-state index contributed by atoms with van der Waals surface area (Å²) in [5.41, 5.74) is 10.8. The smallest absolute Gasteiger partial charge is 0.127 e. The van der Waals surface area contributed by atoms with Crippen molar-refractivity contribution in [1.29, 1.82) is 0 Å². The van der Waals surface area contributed by atoms with Crippen molar-refractivity contribution in [1.82, 2.24) is 9.78 Å². The highest BCUT2D eigenvalue weighted by molar-refractivity contribution is 5.47. The number of aromatic nitrogens is 2. The largest absolute Gasteiger partial charge is 0.493 e. The first kappa shape index (κ1) is 12.2. The van der Waals surface area contributed by atoms with E-state index in [4.69, 9.17) is 10.5 Å². The molecule has 19 heavy (non-hydrogen) atoms. The monoisotopic (exact) mass is 257 g/mol. The Labute approximate surface area is 113 Å². The van der Waals surface area contributed by atoms with Crippen molar-refractivity contribution in [2.45, 2.75) is 25.8 Å². The molecule has 0 fully saturated rings. The zero-order chi connectivity index (χ0) is 13.4. The van der Waals surface area contributed by atoms with Crippen molar-refractivity contribution in [2.24, 2.45) is 12.8 Å². The summed E-state index contributed by atoms with van der Waals surface area (Å²) in [4.78, 5) is 0. The Bertz CT molecular complexity index is 603. The molecule has 1 aromatic carbocycles. The third-order valence-corrected chi connectivity index (χ3v) is 3.73. The lowest BCUT2D eigenvalue weighted by Gasteiger charge is -2.15. The van der Waals surface area contributed by atoms with E-state index < -0.39 is 0 Å². The third kappa shape index (κ3) is 2.02. The molecule has 4 heteroatoms. The predicted octanol–water partition coefficient (Wildman–Crippen LogP) is 1.97. The van der Waals surface area contributed by atoms with E-state index in [0.29, 0.717) is 0 Å². The second-order valence-corrected chi connectivity index (χ2v) is 4.95. The van der Waals surface area contributed by atoms with Crippen LogP contribution >= 0.6 is 0 Å². The number of benzene rings is 1. The van der Waals surface area contributed by atoms with Crippen LogP contribution in [0.2, 0.25) is 0 Å². The Balaban J connectivity index is 2.02. The Kier molecular flexibility index (Phi) is 3.03. The van der Waals surface area contributed by atoms with Crippen LogP contribution in [0.15, 0.2) is 24.3 Å². The molecule has 0 amide bonds. The summed E-state index contributed by atoms with van der Waals surface area (Å²) < 4.78 is 7.61. The summed E-state index contributed by atoms with van der Waals surface area (Å²) in [5, 5.41) is 4.47. The topological polar surface area (TPSA) is 53.1 Å². The van der Waals surface area contributed by atoms with E-state index in [1.807, 2.05) is 17.8 Å². The van der Waals surface area contributed by atoms with Crippen LogP contribution in [0.25, 0.3) is 0 Å². The minimum absolute atomic E-state index is 0.189. The standard InChI is InChI=1S/C15H19N3O/c1-3-11-9-13(18(2)17-11)14(16)12-6-4-5-10-7-8-19-15(10)12/h4-6,9,14H,3,7-8,16H2,1-2H3. The summed E-state index contributed by atoms with van der Waals surface area (Å²) in [6, 6.07) is 8.11. The molecule has 1 aromatic heterocycles. The van der Waals surface area contributed by atoms with Crippen molar-refractivity contribution in [3.05, 3.63) is 46.8 Å². The van der Waals surface area contributed by atoms with E-state index in [2.05, 4.69) is 30.2 Å². The molecule has 2 aromatic rings. The van der Waals surface area contributed by atoms with E-state index in [1.165, 1.54) is 5.56 Å². The lowest BCUT2D eigenvalue weighted by atomic mass is 10.00. The van der Waals surface area contributed by atoms with E-state index >= 15 is 0 Å². The Morgan fingerprint density at radius 3 is 3.05 bits per heavy atom. The lowest BCUT2D eigenvalue weighted by molar-refractivity contribution is 0.352. The number of hydrogen-bond acceptors (Lipinski definition) is 3. The second kappa shape index (κ2) is 4.70. The van der Waals surface area contributed by atoms with Crippen molar-refractivity contribution in [2.75, 3.05) is 6.61 Å². The van der Waals surface area contributed by atoms with Gasteiger partial charge in [-0.2, -0.15) is 5.10 Å². The van der Waals surface area contributed by atoms with Gasteiger partial charge in [0.25, 0.3) is 0 Å². The molecule has 0 aliphatic carbocycles. The summed E-state index contributed by atoms with van der Waals surface area (Å²) >= 11 is 0. The highest BCUT2D eigenvalue weighted by atomic mass is 16.5. The van der Waals surface area contributed by atoms with E-state index in [-0.39, 0.29) is 6.04 Å². The van der Waals surface area contributed by atoms with Crippen LogP contribution in [0.4, 0.5) is 0 Å². The van der Waals surface area contributed by atoms with Gasteiger partial charge in [-0.3, -0.25) is 4.68 Å². The van der Waals surface area contributed by atoms with Gasteiger partial charge in [-0.25, -0.2) is 0 Å². The van der Waals surface area contributed by atoms with Crippen LogP contribution in [-0.4, -0.2) is 16.4 Å². The van der Waals surface area contributed by atoms with Crippen LogP contribution in [0.1, 0.15) is 35.5 Å². The molecule has 3 rings (SSSR count). The number of ether oxygens (including phenoxy) is 1. The average Bonchev–Trinajstić information content (AvgIpc) is 3.03. The first-order chi connectivity index (χ1) is 9.20. The molecule has 1 atom stereocenters. The molecule has 0 saturated carbocycles. The van der Waals surface area contributed by atoms with Crippen molar-refractivity contribution in [3.63, 3.8) is 0 Å². The minimum atomic E-state index is -0.189. The number of nitrogens with two attached hydrogens (primary N) is 1. The summed E-state index contributed by atoms with van der Waals surface area (Å²) in [6.45, 7) is 2.85. The number of fused-ring (bicyclic) bond motifs is 1. The van der Waals surface area contributed by atoms with Gasteiger partial charge in [-0.15, -0.1) is 0 Å². The molecule has 0 radical (unpaired) electrons. The molecule has 0 spiro atoms. The van der Waals surface area contributed by atoms with Crippen molar-refractivity contribution >= 4 is 0 Å². The highest BCUT2D eigenvalue weighted by Gasteiger charge is 2.23. The highest BCUT2D eigenvalue weighted by Crippen LogP contribution is 2.35. The number of hydrogen-bond donors (Lipinski definition) is 1. The lowest BCUT2D eigenvalue weighted by Crippen LogP contribution is -2.16. The predicted molar refractivity (Wildman–Crippen MR) is 74.3 cm³/mol. The molecule has 4 nitrogen and oxygen atoms in total. The number of rotatable bonds is 3. The van der Waals surface area contributed by atoms with Gasteiger partial charge in [0.2, 0.25) is 0 Å². The van der Waals surface area contributed by atoms with Gasteiger partial charge in [0, 0.05) is 19.0 Å². The van der Waals surface area contributed by atoms with Crippen molar-refractivity contribution in [3.8, 4) is 5.75 Å². The molecule has 0 saturated heterocycles. The number of para-hydroxylation sites is 1. The van der Waals surface area contributed by atoms with Crippen LogP contribution in [0, 0.1) is 0 Å². The van der Waals surface area contributed by atoms with E-state index in [9.17, 15) is 0 Å². The first-order valence-corrected chi connectivity index (χ1v) is 6.73. The fraction of sp³-hybridized carbons (Fsp3) is 0.400. The van der Waals surface area contributed by atoms with Gasteiger partial charge in [0.05, 0.1) is 24.0 Å². The Hall–Kier alpha value is -1.81. The number of nitrogens with zero attached hydrogens (tertiary/aromatic N) is 2. The molecule has 100 valence electrons. The Morgan fingerprint density at radius 1 is 1.47 bits per heavy atom. The number of aryl methyl sites for hydroxylation is 2. The van der Waals surface area contributed by atoms with Crippen LogP contribution < -0.4 is 10.5 Å². The molecular weight excluding hydrogens is 238 g/mol. The first-order valence-electron chi connectivity index (χ1n) is 6.73. The fourth-order valence-electron chi connectivity index (χ4n) is 2.65. The molecule has 0 bridgehead atoms. The minimum Gasteiger partial charge on any atom is -0.493 e. The van der Waals surface area contributed by atoms with Gasteiger partial charge < -0.3 is 10.5 Å². The normalized spacial score (nSPS) is 15.1. The fourth-order valence-corrected chi connectivity index (χ4v) is 2.65. The maximum atomic E-state index is 6.42. The molecular formula is C15H19N3O. The zero-order valence-electron chi connectivity index (χ0n) is 11.4. The van der Waals surface area contributed by atoms with E-state index in [1.54, 1.807) is 0 Å². The average molecular weight is 257 g/mol. The van der Waals surface area contributed by atoms with Crippen molar-refractivity contribution < 1.29 is 4.74 Å². The van der Waals surface area contributed by atoms with Gasteiger partial charge in [-0.1, -0.05) is 25.1 Å². The third-order valence-electron chi connectivity index (χ3n) is 3.73. The molecule has 2 heterocycles. The quantitative estimate of drug-likeness (QED) is 0.914. The van der Waals surface area contributed by atoms with Gasteiger partial charge in [0.1, 0.15) is 5.75 Å². The molecule has 2 N–H and O–H groups in total. The van der Waals surface area contributed by atoms with Gasteiger partial charge >= 0.3 is 0 Å². The SMILES string of the molecule is CCc1cc(C(N)c2cccc3c2OCC3)n(C)n1. The summed E-state index contributed by atoms with van der Waals surface area (Å²) in [5.74, 6) is 0.967. The van der Waals surface area contributed by atoms with Crippen LogP contribution in [0.5, 0.6) is 5.75 Å². The molecule has 1 unspecified atom stereocenters. The van der Waals surface area contributed by atoms with Crippen LogP contribution in [-0.2, 0) is 19.9 Å². The zero-order valence-corrected chi connectivity index (χ0v) is 11.4. The maximum Gasteiger partial charge on any atom is 0.127 e. The summed E-state index contributed by atoms with van der Waals surface area (Å²) in [6.07, 6.45) is 1.89. The van der Waals surface area contributed by atoms with Gasteiger partial charge in [0.15, 0.2) is 0 Å². The van der Waals surface area contributed by atoms with Gasteiger partial charge in [-0.05, 0) is 18.1 Å². The Morgan fingerprint density at radius 2 is 2.32 bits per heavy atom. The summed E-state index contributed by atoms with van der Waals surface area (Å²) in [7, 11) is 1.94. The maximum absolute atomic E-state index is 6.42. The molecule has 1 aliphatic heterocycles. The second-order valence-electron chi connectivity index (χ2n) is 4.95. The molecule has 1 aliphatic rings. The van der Waals surface area contributed by atoms with Crippen LogP contribution in [0.3, 0.4) is 0 Å². The van der Waals surface area contributed by atoms with E-state index in [0.717, 1.165) is 42.1 Å².